The van der Waals surface area contributed by atoms with E-state index in [0.29, 0.717) is 16.4 Å². The van der Waals surface area contributed by atoms with Crippen molar-refractivity contribution in [2.45, 2.75) is 0 Å². The van der Waals surface area contributed by atoms with Gasteiger partial charge in [-0.25, -0.2) is 0 Å². The molecule has 0 aliphatic heterocycles. The number of rotatable bonds is 2. The Balaban J connectivity index is 2.41. The lowest BCUT2D eigenvalue weighted by Crippen LogP contribution is -1.98. The minimum atomic E-state index is 0.483. The number of aromatic nitrogens is 1. The standard InChI is InChI=1S/C11H8Br2ClN3/c12-6-1-2-7(13)10(3-6)17-11-8(14)4-16-5-9(11)15/h1-5H,15H2,(H,16,17). The fourth-order valence-electron chi connectivity index (χ4n) is 1.31. The highest BCUT2D eigenvalue weighted by Gasteiger charge is 2.08. The maximum absolute atomic E-state index is 6.04. The molecule has 0 amide bonds. The van der Waals surface area contributed by atoms with Crippen molar-refractivity contribution in [1.82, 2.24) is 4.98 Å². The summed E-state index contributed by atoms with van der Waals surface area (Å²) in [5.74, 6) is 0. The van der Waals surface area contributed by atoms with Crippen molar-refractivity contribution in [3.8, 4) is 0 Å². The van der Waals surface area contributed by atoms with Gasteiger partial charge in [-0.05, 0) is 34.1 Å². The van der Waals surface area contributed by atoms with Crippen molar-refractivity contribution in [2.75, 3.05) is 11.1 Å². The molecule has 0 unspecified atom stereocenters. The molecule has 0 radical (unpaired) electrons. The number of nitrogen functional groups attached to an aromatic ring is 1. The molecular formula is C11H8Br2ClN3. The van der Waals surface area contributed by atoms with E-state index in [1.165, 1.54) is 0 Å². The fraction of sp³-hybridized carbons (Fsp3) is 0. The van der Waals surface area contributed by atoms with Crippen LogP contribution in [0.25, 0.3) is 0 Å². The number of hydrogen-bond acceptors (Lipinski definition) is 3. The monoisotopic (exact) mass is 375 g/mol. The first-order valence-corrected chi connectivity index (χ1v) is 6.65. The van der Waals surface area contributed by atoms with E-state index in [-0.39, 0.29) is 0 Å². The SMILES string of the molecule is Nc1cncc(Cl)c1Nc1cc(Br)ccc1Br. The van der Waals surface area contributed by atoms with Crippen molar-refractivity contribution in [1.29, 1.82) is 0 Å². The van der Waals surface area contributed by atoms with Crippen LogP contribution < -0.4 is 11.1 Å². The molecule has 0 fully saturated rings. The van der Waals surface area contributed by atoms with E-state index in [1.807, 2.05) is 18.2 Å². The topological polar surface area (TPSA) is 50.9 Å². The van der Waals surface area contributed by atoms with Crippen LogP contribution in [0.1, 0.15) is 0 Å². The summed E-state index contributed by atoms with van der Waals surface area (Å²) in [5, 5.41) is 3.66. The van der Waals surface area contributed by atoms with E-state index in [0.717, 1.165) is 14.6 Å². The van der Waals surface area contributed by atoms with Crippen LogP contribution in [0.4, 0.5) is 17.1 Å². The Morgan fingerprint density at radius 1 is 1.24 bits per heavy atom. The zero-order valence-electron chi connectivity index (χ0n) is 8.55. The first kappa shape index (κ1) is 12.7. The van der Waals surface area contributed by atoms with E-state index in [9.17, 15) is 0 Å². The van der Waals surface area contributed by atoms with Crippen LogP contribution in [0.3, 0.4) is 0 Å². The highest BCUT2D eigenvalue weighted by Crippen LogP contribution is 2.34. The van der Waals surface area contributed by atoms with Crippen LogP contribution in [-0.2, 0) is 0 Å². The van der Waals surface area contributed by atoms with Crippen LogP contribution in [0.2, 0.25) is 5.02 Å². The lowest BCUT2D eigenvalue weighted by molar-refractivity contribution is 1.33. The van der Waals surface area contributed by atoms with Crippen molar-refractivity contribution < 1.29 is 0 Å². The van der Waals surface area contributed by atoms with Gasteiger partial charge in [-0.1, -0.05) is 27.5 Å². The Bertz CT molecular complexity index is 540. The summed E-state index contributed by atoms with van der Waals surface area (Å²) >= 11 is 12.9. The Kier molecular flexibility index (Phi) is 3.91. The molecule has 3 N–H and O–H groups in total. The molecule has 0 spiro atoms. The quantitative estimate of drug-likeness (QED) is 0.805. The van der Waals surface area contributed by atoms with Gasteiger partial charge in [-0.15, -0.1) is 0 Å². The molecule has 17 heavy (non-hydrogen) atoms. The third kappa shape index (κ3) is 2.91. The first-order valence-electron chi connectivity index (χ1n) is 4.69. The van der Waals surface area contributed by atoms with E-state index < -0.39 is 0 Å². The van der Waals surface area contributed by atoms with Crippen molar-refractivity contribution in [2.24, 2.45) is 0 Å². The zero-order chi connectivity index (χ0) is 12.4. The zero-order valence-corrected chi connectivity index (χ0v) is 12.5. The minimum absolute atomic E-state index is 0.483. The molecule has 0 atom stereocenters. The number of benzene rings is 1. The molecule has 1 aromatic carbocycles. The van der Waals surface area contributed by atoms with Crippen molar-refractivity contribution in [3.63, 3.8) is 0 Å². The van der Waals surface area contributed by atoms with Crippen LogP contribution >= 0.6 is 43.5 Å². The van der Waals surface area contributed by atoms with E-state index in [4.69, 9.17) is 17.3 Å². The largest absolute Gasteiger partial charge is 0.396 e. The highest BCUT2D eigenvalue weighted by molar-refractivity contribution is 9.11. The van der Waals surface area contributed by atoms with Crippen LogP contribution in [0.5, 0.6) is 0 Å². The lowest BCUT2D eigenvalue weighted by atomic mass is 10.3. The average Bonchev–Trinajstić information content (AvgIpc) is 2.28. The molecule has 6 heteroatoms. The number of hydrogen-bond donors (Lipinski definition) is 2. The lowest BCUT2D eigenvalue weighted by Gasteiger charge is -2.12. The molecule has 0 saturated heterocycles. The summed E-state index contributed by atoms with van der Waals surface area (Å²) in [4.78, 5) is 3.91. The maximum atomic E-state index is 6.04. The van der Waals surface area contributed by atoms with Crippen molar-refractivity contribution in [3.05, 3.63) is 44.6 Å². The number of nitrogens with zero attached hydrogens (tertiary/aromatic N) is 1. The average molecular weight is 377 g/mol. The Labute approximate surface area is 121 Å². The first-order chi connectivity index (χ1) is 8.08. The molecule has 0 saturated carbocycles. The number of halogens is 3. The van der Waals surface area contributed by atoms with Gasteiger partial charge in [-0.3, -0.25) is 4.98 Å². The summed E-state index contributed by atoms with van der Waals surface area (Å²) in [7, 11) is 0. The molecule has 0 bridgehead atoms. The van der Waals surface area contributed by atoms with Gasteiger partial charge in [0.05, 0.1) is 28.3 Å². The molecule has 2 aromatic rings. The van der Waals surface area contributed by atoms with Gasteiger partial charge in [0.25, 0.3) is 0 Å². The third-order valence-electron chi connectivity index (χ3n) is 2.12. The number of nitrogens with two attached hydrogens (primary N) is 1. The molecule has 3 nitrogen and oxygen atoms in total. The van der Waals surface area contributed by atoms with Gasteiger partial charge in [0, 0.05) is 15.1 Å². The van der Waals surface area contributed by atoms with E-state index >= 15 is 0 Å². The van der Waals surface area contributed by atoms with Crippen LogP contribution in [0.15, 0.2) is 39.5 Å². The van der Waals surface area contributed by atoms with Crippen LogP contribution in [-0.4, -0.2) is 4.98 Å². The highest BCUT2D eigenvalue weighted by atomic mass is 79.9. The molecule has 2 rings (SSSR count). The number of pyridine rings is 1. The summed E-state index contributed by atoms with van der Waals surface area (Å²) in [5.41, 5.74) is 7.85. The van der Waals surface area contributed by atoms with Gasteiger partial charge in [0.2, 0.25) is 0 Å². The normalized spacial score (nSPS) is 10.3. The molecular weight excluding hydrogens is 369 g/mol. The second-order valence-electron chi connectivity index (χ2n) is 3.33. The van der Waals surface area contributed by atoms with Gasteiger partial charge in [0.15, 0.2) is 0 Å². The van der Waals surface area contributed by atoms with Gasteiger partial charge in [-0.2, -0.15) is 0 Å². The molecule has 0 aliphatic carbocycles. The number of nitrogens with one attached hydrogen (secondary N) is 1. The Morgan fingerprint density at radius 2 is 2.00 bits per heavy atom. The molecule has 88 valence electrons. The second-order valence-corrected chi connectivity index (χ2v) is 5.51. The summed E-state index contributed by atoms with van der Waals surface area (Å²) < 4.78 is 1.89. The second kappa shape index (κ2) is 5.25. The summed E-state index contributed by atoms with van der Waals surface area (Å²) in [6.07, 6.45) is 3.10. The Hall–Kier alpha value is -0.780. The number of anilines is 3. The van der Waals surface area contributed by atoms with Gasteiger partial charge >= 0.3 is 0 Å². The predicted molar refractivity (Wildman–Crippen MR) is 78.8 cm³/mol. The van der Waals surface area contributed by atoms with E-state index in [1.54, 1.807) is 12.4 Å². The summed E-state index contributed by atoms with van der Waals surface area (Å²) in [6, 6.07) is 5.80. The van der Waals surface area contributed by atoms with E-state index in [2.05, 4.69) is 42.2 Å². The predicted octanol–water partition coefficient (Wildman–Crippen LogP) is 4.59. The van der Waals surface area contributed by atoms with Crippen molar-refractivity contribution >= 4 is 60.5 Å². The minimum Gasteiger partial charge on any atom is -0.396 e. The fourth-order valence-corrected chi connectivity index (χ4v) is 2.23. The summed E-state index contributed by atoms with van der Waals surface area (Å²) in [6.45, 7) is 0. The molecule has 1 heterocycles. The smallest absolute Gasteiger partial charge is 0.0845 e. The maximum Gasteiger partial charge on any atom is 0.0845 e. The molecule has 0 aliphatic rings. The van der Waals surface area contributed by atoms with Crippen LogP contribution in [0, 0.1) is 0 Å². The van der Waals surface area contributed by atoms with Gasteiger partial charge < -0.3 is 11.1 Å². The van der Waals surface area contributed by atoms with Gasteiger partial charge in [0.1, 0.15) is 0 Å². The third-order valence-corrected chi connectivity index (χ3v) is 3.59. The Morgan fingerprint density at radius 3 is 2.71 bits per heavy atom. The molecule has 1 aromatic heterocycles.